The summed E-state index contributed by atoms with van der Waals surface area (Å²) in [6.07, 6.45) is 1.14. The second-order valence-corrected chi connectivity index (χ2v) is 7.70. The molecule has 0 spiro atoms. The Morgan fingerprint density at radius 1 is 1.19 bits per heavy atom. The van der Waals surface area contributed by atoms with E-state index in [4.69, 9.17) is 0 Å². The Morgan fingerprint density at radius 3 is 2.56 bits per heavy atom. The van der Waals surface area contributed by atoms with Crippen molar-refractivity contribution in [1.29, 1.82) is 0 Å². The second-order valence-electron chi connectivity index (χ2n) is 7.70. The molecule has 11 heteroatoms. The summed E-state index contributed by atoms with van der Waals surface area (Å²) in [7, 11) is 0. The van der Waals surface area contributed by atoms with Gasteiger partial charge in [0.05, 0.1) is 35.2 Å². The van der Waals surface area contributed by atoms with Gasteiger partial charge in [-0.05, 0) is 50.1 Å². The van der Waals surface area contributed by atoms with E-state index in [1.807, 2.05) is 0 Å². The number of hydrogen-bond acceptors (Lipinski definition) is 5. The smallest absolute Gasteiger partial charge is 0.365 e. The number of benzene rings is 1. The molecule has 1 aliphatic heterocycles. The van der Waals surface area contributed by atoms with E-state index in [9.17, 15) is 22.4 Å². The minimum absolute atomic E-state index is 0.220. The van der Waals surface area contributed by atoms with Crippen LogP contribution in [0.2, 0.25) is 0 Å². The highest BCUT2D eigenvalue weighted by molar-refractivity contribution is 5.56. The number of rotatable bonds is 5. The van der Waals surface area contributed by atoms with Crippen LogP contribution in [0, 0.1) is 5.82 Å². The summed E-state index contributed by atoms with van der Waals surface area (Å²) >= 11 is 0. The van der Waals surface area contributed by atoms with E-state index in [0.29, 0.717) is 37.0 Å². The molecule has 1 saturated heterocycles. The van der Waals surface area contributed by atoms with E-state index in [2.05, 4.69) is 20.5 Å². The van der Waals surface area contributed by atoms with Crippen LogP contribution in [0.25, 0.3) is 5.69 Å². The van der Waals surface area contributed by atoms with Gasteiger partial charge in [-0.15, -0.1) is 0 Å². The zero-order valence-electron chi connectivity index (χ0n) is 17.1. The van der Waals surface area contributed by atoms with Crippen molar-refractivity contribution >= 4 is 12.2 Å². The summed E-state index contributed by atoms with van der Waals surface area (Å²) in [5.74, 6) is -0.280. The van der Waals surface area contributed by atoms with Gasteiger partial charge in [0.1, 0.15) is 11.6 Å². The van der Waals surface area contributed by atoms with Crippen LogP contribution in [0.15, 0.2) is 48.9 Å². The number of pyridine rings is 1. The van der Waals surface area contributed by atoms with Crippen molar-refractivity contribution in [1.82, 2.24) is 24.9 Å². The second kappa shape index (κ2) is 8.21. The van der Waals surface area contributed by atoms with Gasteiger partial charge in [-0.25, -0.2) is 9.37 Å². The Balaban J connectivity index is 1.77. The predicted molar refractivity (Wildman–Crippen MR) is 107 cm³/mol. The molecular weight excluding hydrogens is 428 g/mol. The fourth-order valence-corrected chi connectivity index (χ4v) is 4.15. The average molecular weight is 448 g/mol. The van der Waals surface area contributed by atoms with Crippen LogP contribution in [0.4, 0.5) is 23.4 Å². The molecule has 0 saturated carbocycles. The zero-order valence-corrected chi connectivity index (χ0v) is 17.1. The Morgan fingerprint density at radius 2 is 1.94 bits per heavy atom. The third-order valence-corrected chi connectivity index (χ3v) is 5.85. The van der Waals surface area contributed by atoms with Gasteiger partial charge in [0.15, 0.2) is 0 Å². The molecule has 4 rings (SSSR count). The van der Waals surface area contributed by atoms with E-state index in [-0.39, 0.29) is 5.82 Å². The first-order chi connectivity index (χ1) is 15.2. The van der Waals surface area contributed by atoms with Crippen molar-refractivity contribution in [2.75, 3.05) is 11.9 Å². The first-order valence-corrected chi connectivity index (χ1v) is 9.92. The molecule has 32 heavy (non-hydrogen) atoms. The van der Waals surface area contributed by atoms with Crippen LogP contribution in [0.1, 0.15) is 30.9 Å². The van der Waals surface area contributed by atoms with E-state index in [0.717, 1.165) is 12.3 Å². The molecule has 0 unspecified atom stereocenters. The topological polar surface area (TPSA) is 75.9 Å². The van der Waals surface area contributed by atoms with Crippen molar-refractivity contribution in [3.63, 3.8) is 0 Å². The molecule has 168 valence electrons. The number of piperidine rings is 1. The Kier molecular flexibility index (Phi) is 5.57. The van der Waals surface area contributed by atoms with Gasteiger partial charge < -0.3 is 10.2 Å². The van der Waals surface area contributed by atoms with Crippen molar-refractivity contribution < 1.29 is 22.4 Å². The number of carbonyl (C=O) groups excluding carboxylic acids is 1. The van der Waals surface area contributed by atoms with Crippen LogP contribution in [0.5, 0.6) is 0 Å². The molecule has 0 radical (unpaired) electrons. The number of likely N-dealkylation sites (tertiary alicyclic amines) is 1. The van der Waals surface area contributed by atoms with Gasteiger partial charge in [0, 0.05) is 18.3 Å². The minimum atomic E-state index is -4.49. The molecular formula is C21H20F4N6O. The molecule has 1 N–H and O–H groups in total. The Hall–Kier alpha value is -3.50. The molecule has 7 nitrogen and oxygen atoms in total. The molecule has 2 atom stereocenters. The van der Waals surface area contributed by atoms with Gasteiger partial charge >= 0.3 is 6.18 Å². The number of alkyl halides is 3. The van der Waals surface area contributed by atoms with Crippen molar-refractivity contribution in [3.05, 3.63) is 65.9 Å². The van der Waals surface area contributed by atoms with Crippen molar-refractivity contribution in [2.45, 2.75) is 37.5 Å². The number of nitrogens with zero attached hydrogens (tertiary/aromatic N) is 5. The molecule has 3 aromatic rings. The normalized spacial score (nSPS) is 21.4. The molecule has 1 amide bonds. The largest absolute Gasteiger partial charge is 0.417 e. The van der Waals surface area contributed by atoms with E-state index in [1.165, 1.54) is 41.5 Å². The molecule has 1 fully saturated rings. The van der Waals surface area contributed by atoms with Crippen LogP contribution in [-0.2, 0) is 16.5 Å². The number of halogens is 4. The van der Waals surface area contributed by atoms with Crippen molar-refractivity contribution in [3.8, 4) is 5.69 Å². The molecule has 1 aromatic carbocycles. The fraction of sp³-hybridized carbons (Fsp3) is 0.333. The third-order valence-electron chi connectivity index (χ3n) is 5.85. The summed E-state index contributed by atoms with van der Waals surface area (Å²) < 4.78 is 53.0. The van der Waals surface area contributed by atoms with Gasteiger partial charge in [0.2, 0.25) is 6.41 Å². The Labute approximate surface area is 181 Å². The summed E-state index contributed by atoms with van der Waals surface area (Å²) in [5.41, 5.74) is -0.971. The average Bonchev–Trinajstić information content (AvgIpc) is 3.29. The van der Waals surface area contributed by atoms with Gasteiger partial charge in [-0.3, -0.25) is 4.79 Å². The summed E-state index contributed by atoms with van der Waals surface area (Å²) in [5, 5.41) is 11.4. The fourth-order valence-electron chi connectivity index (χ4n) is 4.15. The highest BCUT2D eigenvalue weighted by Gasteiger charge is 2.46. The summed E-state index contributed by atoms with van der Waals surface area (Å²) in [6.45, 7) is 2.21. The zero-order chi connectivity index (χ0) is 22.9. The maximum Gasteiger partial charge on any atom is 0.417 e. The van der Waals surface area contributed by atoms with E-state index >= 15 is 0 Å². The van der Waals surface area contributed by atoms with E-state index in [1.54, 1.807) is 11.8 Å². The van der Waals surface area contributed by atoms with Crippen molar-refractivity contribution in [2.24, 2.45) is 0 Å². The predicted octanol–water partition coefficient (Wildman–Crippen LogP) is 3.77. The van der Waals surface area contributed by atoms with Crippen LogP contribution in [-0.4, -0.2) is 43.9 Å². The number of amides is 1. The number of anilines is 1. The highest BCUT2D eigenvalue weighted by atomic mass is 19.4. The lowest BCUT2D eigenvalue weighted by atomic mass is 9.77. The minimum Gasteiger partial charge on any atom is -0.365 e. The number of hydrogen-bond donors (Lipinski definition) is 1. The lowest BCUT2D eigenvalue weighted by Crippen LogP contribution is -2.58. The maximum atomic E-state index is 14.4. The summed E-state index contributed by atoms with van der Waals surface area (Å²) in [6, 6.07) is 5.84. The first kappa shape index (κ1) is 21.7. The standard InChI is InChI=1S/C21H20F4N6O/c1-20(16-11-15(22)5-6-17(16)31-27-8-9-28-31)18(3-2-10-30(20)13-32)29-19-7-4-14(12-26-19)21(23,24)25/h4-9,11-13,18H,2-3,10H2,1H3,(H,26,29)/t18-,20+/m1/s1. The number of nitrogens with one attached hydrogen (secondary N) is 1. The van der Waals surface area contributed by atoms with Gasteiger partial charge in [0.25, 0.3) is 0 Å². The Bertz CT molecular complexity index is 1090. The highest BCUT2D eigenvalue weighted by Crippen LogP contribution is 2.41. The molecule has 2 aromatic heterocycles. The molecule has 1 aliphatic rings. The van der Waals surface area contributed by atoms with E-state index < -0.39 is 29.1 Å². The lowest BCUT2D eigenvalue weighted by molar-refractivity contribution is -0.137. The van der Waals surface area contributed by atoms with Crippen LogP contribution in [0.3, 0.4) is 0 Å². The number of carbonyl (C=O) groups is 1. The van der Waals surface area contributed by atoms with Gasteiger partial charge in [-0.2, -0.15) is 28.2 Å². The van der Waals surface area contributed by atoms with Crippen LogP contribution < -0.4 is 5.32 Å². The quantitative estimate of drug-likeness (QED) is 0.475. The SMILES string of the molecule is C[C@]1(c2cc(F)ccc2-n2nccn2)[C@H](Nc2ccc(C(F)(F)F)cn2)CCCN1C=O. The lowest BCUT2D eigenvalue weighted by Gasteiger charge is -2.49. The monoisotopic (exact) mass is 448 g/mol. The summed E-state index contributed by atoms with van der Waals surface area (Å²) in [4.78, 5) is 18.8. The molecule has 3 heterocycles. The van der Waals surface area contributed by atoms with Crippen LogP contribution >= 0.6 is 0 Å². The number of aromatic nitrogens is 4. The molecule has 0 aliphatic carbocycles. The maximum absolute atomic E-state index is 14.4. The van der Waals surface area contributed by atoms with Gasteiger partial charge in [-0.1, -0.05) is 0 Å². The first-order valence-electron chi connectivity index (χ1n) is 9.92. The third kappa shape index (κ3) is 3.90. The molecule has 0 bridgehead atoms.